The summed E-state index contributed by atoms with van der Waals surface area (Å²) < 4.78 is 7.89. The van der Waals surface area contributed by atoms with Crippen molar-refractivity contribution in [3.05, 3.63) is 77.9 Å². The van der Waals surface area contributed by atoms with Gasteiger partial charge in [-0.1, -0.05) is 36.9 Å². The number of primary amides is 1. The fourth-order valence-corrected chi connectivity index (χ4v) is 2.97. The summed E-state index contributed by atoms with van der Waals surface area (Å²) >= 11 is 0. The maximum absolute atomic E-state index is 11.5. The zero-order valence-corrected chi connectivity index (χ0v) is 15.7. The van der Waals surface area contributed by atoms with E-state index in [0.29, 0.717) is 25.3 Å². The smallest absolute Gasteiger partial charge is 0.318 e. The molecule has 3 rings (SSSR count). The number of imidazole rings is 1. The van der Waals surface area contributed by atoms with E-state index < -0.39 is 6.03 Å². The first kappa shape index (κ1) is 18.5. The standard InChI is InChI=1S/C21H24N4O2/c1-15(2)24(21(22)26)12-10-19-16(3)25-11-9-18(13-20(25)23-19)27-14-17-7-5-4-6-8-17/h4-9,11,13H,1,10,12,14H2,2-3H3,(H2,22,26). The molecule has 27 heavy (non-hydrogen) atoms. The van der Waals surface area contributed by atoms with Crippen LogP contribution in [0.25, 0.3) is 5.65 Å². The average molecular weight is 364 g/mol. The van der Waals surface area contributed by atoms with E-state index in [1.54, 1.807) is 6.92 Å². The van der Waals surface area contributed by atoms with Crippen LogP contribution in [0.3, 0.4) is 0 Å². The van der Waals surface area contributed by atoms with Crippen LogP contribution >= 0.6 is 0 Å². The number of hydrogen-bond donors (Lipinski definition) is 1. The van der Waals surface area contributed by atoms with Gasteiger partial charge >= 0.3 is 6.03 Å². The van der Waals surface area contributed by atoms with Gasteiger partial charge in [-0.15, -0.1) is 0 Å². The SMILES string of the molecule is C=C(C)N(CCc1nc2cc(OCc3ccccc3)ccn2c1C)C(N)=O. The summed E-state index contributed by atoms with van der Waals surface area (Å²) in [4.78, 5) is 17.6. The molecule has 0 fully saturated rings. The Morgan fingerprint density at radius 3 is 2.70 bits per heavy atom. The van der Waals surface area contributed by atoms with E-state index in [4.69, 9.17) is 15.5 Å². The first-order chi connectivity index (χ1) is 13.0. The van der Waals surface area contributed by atoms with Crippen LogP contribution < -0.4 is 10.5 Å². The number of aromatic nitrogens is 2. The number of ether oxygens (including phenoxy) is 1. The summed E-state index contributed by atoms with van der Waals surface area (Å²) in [6.45, 7) is 8.53. The van der Waals surface area contributed by atoms with E-state index in [1.807, 2.05) is 60.0 Å². The lowest BCUT2D eigenvalue weighted by Gasteiger charge is -2.19. The minimum atomic E-state index is -0.500. The highest BCUT2D eigenvalue weighted by Gasteiger charge is 2.14. The van der Waals surface area contributed by atoms with Gasteiger partial charge in [0, 0.05) is 36.6 Å². The average Bonchev–Trinajstić information content (AvgIpc) is 2.96. The van der Waals surface area contributed by atoms with Crippen LogP contribution in [0.5, 0.6) is 5.75 Å². The predicted molar refractivity (Wildman–Crippen MR) is 106 cm³/mol. The van der Waals surface area contributed by atoms with Gasteiger partial charge in [-0.05, 0) is 25.5 Å². The van der Waals surface area contributed by atoms with Crippen molar-refractivity contribution >= 4 is 11.7 Å². The van der Waals surface area contributed by atoms with Crippen molar-refractivity contribution in [3.8, 4) is 5.75 Å². The molecule has 1 aromatic carbocycles. The molecule has 140 valence electrons. The van der Waals surface area contributed by atoms with Gasteiger partial charge in [-0.3, -0.25) is 4.90 Å². The van der Waals surface area contributed by atoms with E-state index in [9.17, 15) is 4.79 Å². The summed E-state index contributed by atoms with van der Waals surface area (Å²) in [5.41, 5.74) is 9.91. The van der Waals surface area contributed by atoms with Crippen LogP contribution in [0.1, 0.15) is 23.9 Å². The van der Waals surface area contributed by atoms with Crippen LogP contribution in [-0.2, 0) is 13.0 Å². The summed E-state index contributed by atoms with van der Waals surface area (Å²) in [6.07, 6.45) is 2.55. The Bertz CT molecular complexity index is 949. The molecule has 0 aliphatic heterocycles. The second kappa shape index (κ2) is 7.95. The van der Waals surface area contributed by atoms with E-state index in [0.717, 1.165) is 28.3 Å². The molecule has 6 heteroatoms. The van der Waals surface area contributed by atoms with E-state index in [1.165, 1.54) is 4.90 Å². The quantitative estimate of drug-likeness (QED) is 0.695. The van der Waals surface area contributed by atoms with Crippen molar-refractivity contribution in [2.75, 3.05) is 6.54 Å². The van der Waals surface area contributed by atoms with Crippen molar-refractivity contribution < 1.29 is 9.53 Å². The highest BCUT2D eigenvalue weighted by atomic mass is 16.5. The number of nitrogens with zero attached hydrogens (tertiary/aromatic N) is 3. The summed E-state index contributed by atoms with van der Waals surface area (Å²) in [5.74, 6) is 0.767. The number of benzene rings is 1. The molecular weight excluding hydrogens is 340 g/mol. The molecule has 0 saturated heterocycles. The van der Waals surface area contributed by atoms with Gasteiger partial charge in [0.05, 0.1) is 5.69 Å². The Kier molecular flexibility index (Phi) is 5.45. The van der Waals surface area contributed by atoms with Gasteiger partial charge in [0.1, 0.15) is 18.0 Å². The zero-order chi connectivity index (χ0) is 19.4. The monoisotopic (exact) mass is 364 g/mol. The lowest BCUT2D eigenvalue weighted by molar-refractivity contribution is 0.221. The number of carbonyl (C=O) groups excluding carboxylic acids is 1. The van der Waals surface area contributed by atoms with E-state index in [-0.39, 0.29) is 0 Å². The van der Waals surface area contributed by atoms with Gasteiger partial charge in [0.2, 0.25) is 0 Å². The fraction of sp³-hybridized carbons (Fsp3) is 0.238. The molecule has 0 saturated carbocycles. The number of fused-ring (bicyclic) bond motifs is 1. The minimum Gasteiger partial charge on any atom is -0.489 e. The highest BCUT2D eigenvalue weighted by molar-refractivity contribution is 5.73. The molecule has 2 amide bonds. The number of nitrogens with two attached hydrogens (primary N) is 1. The summed E-state index contributed by atoms with van der Waals surface area (Å²) in [7, 11) is 0. The first-order valence-corrected chi connectivity index (χ1v) is 8.82. The predicted octanol–water partition coefficient (Wildman–Crippen LogP) is 3.68. The maximum atomic E-state index is 11.5. The zero-order valence-electron chi connectivity index (χ0n) is 15.7. The maximum Gasteiger partial charge on any atom is 0.318 e. The van der Waals surface area contributed by atoms with Crippen molar-refractivity contribution in [1.82, 2.24) is 14.3 Å². The Balaban J connectivity index is 1.74. The molecule has 0 aliphatic carbocycles. The van der Waals surface area contributed by atoms with Gasteiger partial charge in [-0.2, -0.15) is 0 Å². The molecule has 0 aliphatic rings. The highest BCUT2D eigenvalue weighted by Crippen LogP contribution is 2.20. The molecule has 0 atom stereocenters. The van der Waals surface area contributed by atoms with Gasteiger partial charge in [-0.25, -0.2) is 9.78 Å². The molecule has 0 bridgehead atoms. The minimum absolute atomic E-state index is 0.451. The van der Waals surface area contributed by atoms with Crippen LogP contribution in [0.15, 0.2) is 60.9 Å². The number of rotatable bonds is 7. The van der Waals surface area contributed by atoms with Crippen LogP contribution in [-0.4, -0.2) is 26.9 Å². The van der Waals surface area contributed by atoms with Crippen molar-refractivity contribution in [3.63, 3.8) is 0 Å². The number of amides is 2. The Morgan fingerprint density at radius 1 is 1.30 bits per heavy atom. The van der Waals surface area contributed by atoms with Gasteiger partial charge < -0.3 is 14.9 Å². The van der Waals surface area contributed by atoms with Crippen molar-refractivity contribution in [2.45, 2.75) is 26.9 Å². The fourth-order valence-electron chi connectivity index (χ4n) is 2.97. The second-order valence-electron chi connectivity index (χ2n) is 6.48. The van der Waals surface area contributed by atoms with E-state index in [2.05, 4.69) is 6.58 Å². The van der Waals surface area contributed by atoms with Crippen LogP contribution in [0.4, 0.5) is 4.79 Å². The molecule has 0 radical (unpaired) electrons. The van der Waals surface area contributed by atoms with Gasteiger partial charge in [0.15, 0.2) is 0 Å². The summed E-state index contributed by atoms with van der Waals surface area (Å²) in [6, 6.07) is 13.4. The number of allylic oxidation sites excluding steroid dienone is 1. The lowest BCUT2D eigenvalue weighted by atomic mass is 10.2. The molecular formula is C21H24N4O2. The Labute approximate surface area is 158 Å². The first-order valence-electron chi connectivity index (χ1n) is 8.82. The molecule has 6 nitrogen and oxygen atoms in total. The Morgan fingerprint density at radius 2 is 2.04 bits per heavy atom. The summed E-state index contributed by atoms with van der Waals surface area (Å²) in [5, 5.41) is 0. The third kappa shape index (κ3) is 4.28. The van der Waals surface area contributed by atoms with E-state index >= 15 is 0 Å². The number of carbonyl (C=O) groups is 1. The van der Waals surface area contributed by atoms with Crippen LogP contribution in [0, 0.1) is 6.92 Å². The topological polar surface area (TPSA) is 72.9 Å². The molecule has 2 aromatic heterocycles. The second-order valence-corrected chi connectivity index (χ2v) is 6.48. The molecule has 2 heterocycles. The number of urea groups is 1. The Hall–Kier alpha value is -3.28. The third-order valence-electron chi connectivity index (χ3n) is 4.48. The lowest BCUT2D eigenvalue weighted by Crippen LogP contribution is -2.35. The van der Waals surface area contributed by atoms with Crippen LogP contribution in [0.2, 0.25) is 0 Å². The number of aryl methyl sites for hydroxylation is 1. The molecule has 3 aromatic rings. The van der Waals surface area contributed by atoms with Gasteiger partial charge in [0.25, 0.3) is 0 Å². The molecule has 2 N–H and O–H groups in total. The number of pyridine rings is 1. The molecule has 0 spiro atoms. The van der Waals surface area contributed by atoms with Crippen molar-refractivity contribution in [2.24, 2.45) is 5.73 Å². The van der Waals surface area contributed by atoms with Crippen molar-refractivity contribution in [1.29, 1.82) is 0 Å². The largest absolute Gasteiger partial charge is 0.489 e. The number of hydrogen-bond acceptors (Lipinski definition) is 3. The third-order valence-corrected chi connectivity index (χ3v) is 4.48. The normalized spacial score (nSPS) is 10.7. The molecule has 0 unspecified atom stereocenters.